The van der Waals surface area contributed by atoms with Gasteiger partial charge in [0.2, 0.25) is 5.91 Å². The predicted octanol–water partition coefficient (Wildman–Crippen LogP) is 6.88. The van der Waals surface area contributed by atoms with E-state index in [1.807, 2.05) is 45.0 Å². The summed E-state index contributed by atoms with van der Waals surface area (Å²) >= 11 is 5.36. The second kappa shape index (κ2) is 16.9. The Morgan fingerprint density at radius 3 is 2.36 bits per heavy atom. The predicted molar refractivity (Wildman–Crippen MR) is 141 cm³/mol. The summed E-state index contributed by atoms with van der Waals surface area (Å²) in [5.41, 5.74) is 7.97. The van der Waals surface area contributed by atoms with E-state index in [0.29, 0.717) is 30.4 Å². The molecule has 2 rings (SSSR count). The van der Waals surface area contributed by atoms with Crippen LogP contribution in [0.3, 0.4) is 0 Å². The molecular formula is C26H37F4N3O2S. The van der Waals surface area contributed by atoms with E-state index in [0.717, 1.165) is 25.1 Å². The van der Waals surface area contributed by atoms with Crippen LogP contribution < -0.4 is 15.9 Å². The summed E-state index contributed by atoms with van der Waals surface area (Å²) in [7, 11) is 0. The maximum atomic E-state index is 14.2. The number of carbonyl (C=O) groups is 1. The second-order valence-electron chi connectivity index (χ2n) is 7.38. The number of alkyl halides is 3. The zero-order valence-electron chi connectivity index (χ0n) is 21.7. The first-order valence-corrected chi connectivity index (χ1v) is 12.1. The van der Waals surface area contributed by atoms with Gasteiger partial charge >= 0.3 is 6.18 Å². The molecular weight excluding hydrogens is 494 g/mol. The summed E-state index contributed by atoms with van der Waals surface area (Å²) in [5.74, 6) is -0.407. The number of allylic oxidation sites excluding steroid dienone is 5. The van der Waals surface area contributed by atoms with E-state index in [1.165, 1.54) is 11.9 Å². The first kappa shape index (κ1) is 33.3. The first-order chi connectivity index (χ1) is 17.0. The third kappa shape index (κ3) is 10.9. The molecule has 1 aliphatic heterocycles. The van der Waals surface area contributed by atoms with Crippen molar-refractivity contribution < 1.29 is 27.1 Å². The number of hydrazine groups is 1. The first-order valence-electron chi connectivity index (χ1n) is 11.7. The highest BCUT2D eigenvalue weighted by Gasteiger charge is 2.30. The average molecular weight is 532 g/mol. The largest absolute Gasteiger partial charge is 0.493 e. The van der Waals surface area contributed by atoms with Gasteiger partial charge < -0.3 is 10.5 Å². The van der Waals surface area contributed by atoms with Gasteiger partial charge in [0.25, 0.3) is 0 Å². The fraction of sp³-hybridized carbons (Fsp3) is 0.462. The maximum Gasteiger partial charge on any atom is 0.412 e. The molecule has 202 valence electrons. The Bertz CT molecular complexity index is 943. The number of hydrogen-bond donors (Lipinski definition) is 2. The lowest BCUT2D eigenvalue weighted by Crippen LogP contribution is -2.48. The molecule has 1 unspecified atom stereocenters. The Morgan fingerprint density at radius 2 is 1.83 bits per heavy atom. The van der Waals surface area contributed by atoms with Gasteiger partial charge in [-0.15, -0.1) is 0 Å². The molecule has 1 aromatic rings. The van der Waals surface area contributed by atoms with Crippen molar-refractivity contribution in [2.24, 2.45) is 5.73 Å². The molecule has 10 heteroatoms. The van der Waals surface area contributed by atoms with Crippen LogP contribution >= 0.6 is 12.2 Å². The van der Waals surface area contributed by atoms with Crippen molar-refractivity contribution in [1.29, 1.82) is 0 Å². The van der Waals surface area contributed by atoms with Gasteiger partial charge in [-0.05, 0) is 38.1 Å². The fourth-order valence-corrected chi connectivity index (χ4v) is 3.30. The van der Waals surface area contributed by atoms with E-state index in [4.69, 9.17) is 22.7 Å². The van der Waals surface area contributed by atoms with E-state index in [2.05, 4.69) is 5.43 Å². The Kier molecular flexibility index (Phi) is 15.6. The smallest absolute Gasteiger partial charge is 0.412 e. The molecule has 1 heterocycles. The van der Waals surface area contributed by atoms with Gasteiger partial charge in [0, 0.05) is 30.9 Å². The number of carbonyl (C=O) groups excluding carboxylic acids is 1. The molecule has 36 heavy (non-hydrogen) atoms. The van der Waals surface area contributed by atoms with Gasteiger partial charge in [0.15, 0.2) is 0 Å². The lowest BCUT2D eigenvalue weighted by Gasteiger charge is -2.35. The summed E-state index contributed by atoms with van der Waals surface area (Å²) in [6.07, 6.45) is -1.28. The summed E-state index contributed by atoms with van der Waals surface area (Å²) in [4.78, 5) is 12.4. The molecule has 1 aliphatic rings. The number of nitrogens with two attached hydrogens (primary N) is 1. The number of nitrogens with zero attached hydrogens (tertiary/aromatic N) is 1. The number of thiocarbonyl (C=S) groups is 1. The zero-order chi connectivity index (χ0) is 27.9. The van der Waals surface area contributed by atoms with Crippen molar-refractivity contribution >= 4 is 23.1 Å². The van der Waals surface area contributed by atoms with Crippen molar-refractivity contribution in [3.05, 3.63) is 65.0 Å². The van der Waals surface area contributed by atoms with Gasteiger partial charge in [0.1, 0.15) is 16.6 Å². The minimum atomic E-state index is -4.51. The molecule has 1 atom stereocenters. The number of fused-ring (bicyclic) bond motifs is 1. The Hall–Kier alpha value is -2.72. The molecule has 0 bridgehead atoms. The Labute approximate surface area is 217 Å². The van der Waals surface area contributed by atoms with Gasteiger partial charge in [-0.2, -0.15) is 13.2 Å². The minimum absolute atomic E-state index is 0.113. The van der Waals surface area contributed by atoms with E-state index in [-0.39, 0.29) is 23.4 Å². The number of para-hydroxylation sites is 1. The van der Waals surface area contributed by atoms with Crippen molar-refractivity contribution in [1.82, 2.24) is 10.4 Å². The molecule has 1 aromatic carbocycles. The molecule has 0 fully saturated rings. The summed E-state index contributed by atoms with van der Waals surface area (Å²) < 4.78 is 57.5. The molecule has 3 N–H and O–H groups in total. The number of benzene rings is 1. The SMILES string of the molecule is C/C=C(\C/C(F)=C\C=C(/C)C(F)(F)F)C(=S)NN(C(C)=O)C1CCOc2ccccc21.CC.CCN. The van der Waals surface area contributed by atoms with Crippen LogP contribution in [0.2, 0.25) is 0 Å². The standard InChI is InChI=1S/C22H24F4N2O2S.C2H7N.C2H6/c1-4-16(13-17(23)10-9-14(2)22(24,25)26)21(31)27-28(15(3)29)19-11-12-30-20-8-6-5-7-18(19)20;1-2-3;1-2/h4-10,19H,11-13H2,1-3H3,(H,27,31);2-3H2,1H3;1-2H3/b14-9+,16-4+,17-10+;;. The summed E-state index contributed by atoms with van der Waals surface area (Å²) in [6.45, 7) is 10.9. The highest BCUT2D eigenvalue weighted by atomic mass is 32.1. The van der Waals surface area contributed by atoms with E-state index in [9.17, 15) is 22.4 Å². The highest BCUT2D eigenvalue weighted by molar-refractivity contribution is 7.80. The van der Waals surface area contributed by atoms with Crippen LogP contribution in [-0.4, -0.2) is 35.2 Å². The van der Waals surface area contributed by atoms with E-state index in [1.54, 1.807) is 13.0 Å². The fourth-order valence-electron chi connectivity index (χ4n) is 3.01. The topological polar surface area (TPSA) is 67.6 Å². The molecule has 0 spiro atoms. The van der Waals surface area contributed by atoms with Crippen LogP contribution in [0, 0.1) is 0 Å². The third-order valence-electron chi connectivity index (χ3n) is 4.76. The Morgan fingerprint density at radius 1 is 1.25 bits per heavy atom. The quantitative estimate of drug-likeness (QED) is 0.143. The van der Waals surface area contributed by atoms with Crippen LogP contribution in [0.1, 0.15) is 66.0 Å². The molecule has 0 aromatic heterocycles. The van der Waals surface area contributed by atoms with E-state index < -0.39 is 17.6 Å². The second-order valence-corrected chi connectivity index (χ2v) is 7.79. The van der Waals surface area contributed by atoms with Crippen molar-refractivity contribution in [2.45, 2.75) is 66.6 Å². The van der Waals surface area contributed by atoms with Gasteiger partial charge in [-0.25, -0.2) is 9.40 Å². The summed E-state index contributed by atoms with van der Waals surface area (Å²) in [5, 5.41) is 1.38. The number of amides is 1. The normalized spacial score (nSPS) is 15.8. The molecule has 0 radical (unpaired) electrons. The number of nitrogens with one attached hydrogen (secondary N) is 1. The van der Waals surface area contributed by atoms with Crippen LogP contribution in [0.4, 0.5) is 17.6 Å². The Balaban J connectivity index is 0.00000227. The van der Waals surface area contributed by atoms with Gasteiger partial charge in [0.05, 0.1) is 12.6 Å². The van der Waals surface area contributed by atoms with E-state index >= 15 is 0 Å². The van der Waals surface area contributed by atoms with Crippen LogP contribution in [0.15, 0.2) is 59.5 Å². The molecule has 0 aliphatic carbocycles. The molecule has 5 nitrogen and oxygen atoms in total. The summed E-state index contributed by atoms with van der Waals surface area (Å²) in [6, 6.07) is 7.00. The van der Waals surface area contributed by atoms with Crippen LogP contribution in [-0.2, 0) is 4.79 Å². The lowest BCUT2D eigenvalue weighted by atomic mass is 10.00. The number of ether oxygens (including phenoxy) is 1. The zero-order valence-corrected chi connectivity index (χ0v) is 22.5. The molecule has 0 saturated carbocycles. The lowest BCUT2D eigenvalue weighted by molar-refractivity contribution is -0.134. The number of hydrogen-bond acceptors (Lipinski definition) is 4. The molecule has 1 amide bonds. The van der Waals surface area contributed by atoms with Crippen LogP contribution in [0.5, 0.6) is 5.75 Å². The van der Waals surface area contributed by atoms with Gasteiger partial charge in [-0.1, -0.05) is 63.3 Å². The molecule has 0 saturated heterocycles. The monoisotopic (exact) mass is 531 g/mol. The third-order valence-corrected chi connectivity index (χ3v) is 5.11. The minimum Gasteiger partial charge on any atom is -0.493 e. The number of halogens is 4. The average Bonchev–Trinajstić information content (AvgIpc) is 2.84. The highest BCUT2D eigenvalue weighted by Crippen LogP contribution is 2.35. The van der Waals surface area contributed by atoms with Crippen molar-refractivity contribution in [3.8, 4) is 5.75 Å². The van der Waals surface area contributed by atoms with Crippen LogP contribution in [0.25, 0.3) is 0 Å². The number of rotatable bonds is 5. The van der Waals surface area contributed by atoms with Gasteiger partial charge in [-0.3, -0.25) is 10.2 Å². The maximum absolute atomic E-state index is 14.2. The van der Waals surface area contributed by atoms with Crippen molar-refractivity contribution in [3.63, 3.8) is 0 Å². The van der Waals surface area contributed by atoms with Crippen molar-refractivity contribution in [2.75, 3.05) is 13.2 Å².